The van der Waals surface area contributed by atoms with E-state index in [-0.39, 0.29) is 5.92 Å². The summed E-state index contributed by atoms with van der Waals surface area (Å²) >= 11 is 1.46. The second kappa shape index (κ2) is 7.23. The number of rotatable bonds is 5. The van der Waals surface area contributed by atoms with Crippen molar-refractivity contribution in [2.75, 3.05) is 0 Å². The van der Waals surface area contributed by atoms with Gasteiger partial charge in [0.15, 0.2) is 0 Å². The Morgan fingerprint density at radius 2 is 2.15 bits per heavy atom. The Bertz CT molecular complexity index is 444. The lowest BCUT2D eigenvalue weighted by molar-refractivity contribution is -0.141. The third-order valence-corrected chi connectivity index (χ3v) is 4.22. The first kappa shape index (κ1) is 14.8. The van der Waals surface area contributed by atoms with Gasteiger partial charge in [0.05, 0.1) is 17.7 Å². The van der Waals surface area contributed by atoms with Gasteiger partial charge in [0.25, 0.3) is 0 Å². The summed E-state index contributed by atoms with van der Waals surface area (Å²) in [6.45, 7) is 0.312. The van der Waals surface area contributed by atoms with Crippen LogP contribution in [-0.2, 0) is 11.3 Å². The zero-order valence-electron chi connectivity index (χ0n) is 11.2. The summed E-state index contributed by atoms with van der Waals surface area (Å²) in [7, 11) is 0. The predicted octanol–water partition coefficient (Wildman–Crippen LogP) is 1.98. The van der Waals surface area contributed by atoms with Crippen molar-refractivity contribution in [3.63, 3.8) is 0 Å². The Morgan fingerprint density at radius 3 is 2.75 bits per heavy atom. The molecule has 3 N–H and O–H groups in total. The zero-order valence-corrected chi connectivity index (χ0v) is 12.0. The first-order chi connectivity index (χ1) is 9.66. The topological polar surface area (TPSA) is 91.3 Å². The second-order valence-corrected chi connectivity index (χ2v) is 5.74. The fraction of sp³-hybridized carbons (Fsp3) is 0.615. The van der Waals surface area contributed by atoms with Crippen LogP contribution in [0.1, 0.15) is 37.8 Å². The summed E-state index contributed by atoms with van der Waals surface area (Å²) in [6.07, 6.45) is 4.96. The number of urea groups is 1. The van der Waals surface area contributed by atoms with Crippen molar-refractivity contribution in [1.82, 2.24) is 15.6 Å². The number of carboxylic acids is 1. The molecule has 1 unspecified atom stereocenters. The van der Waals surface area contributed by atoms with Gasteiger partial charge in [-0.3, -0.25) is 0 Å². The minimum absolute atomic E-state index is 0.0336. The van der Waals surface area contributed by atoms with Crippen molar-refractivity contribution in [1.29, 1.82) is 0 Å². The van der Waals surface area contributed by atoms with Crippen molar-refractivity contribution >= 4 is 23.3 Å². The number of carboxylic acid groups (broad SMARTS) is 1. The van der Waals surface area contributed by atoms with Gasteiger partial charge in [-0.25, -0.2) is 14.6 Å². The van der Waals surface area contributed by atoms with Crippen molar-refractivity contribution in [3.8, 4) is 0 Å². The van der Waals surface area contributed by atoms with Crippen LogP contribution in [0.15, 0.2) is 10.9 Å². The van der Waals surface area contributed by atoms with Crippen molar-refractivity contribution in [2.24, 2.45) is 5.92 Å². The molecule has 1 heterocycles. The van der Waals surface area contributed by atoms with Crippen LogP contribution in [0, 0.1) is 5.92 Å². The van der Waals surface area contributed by atoms with E-state index in [2.05, 4.69) is 15.6 Å². The highest BCUT2D eigenvalue weighted by Gasteiger charge is 2.30. The summed E-state index contributed by atoms with van der Waals surface area (Å²) in [4.78, 5) is 27.2. The maximum Gasteiger partial charge on any atom is 0.326 e. The molecule has 20 heavy (non-hydrogen) atoms. The lowest BCUT2D eigenvalue weighted by Gasteiger charge is -2.28. The van der Waals surface area contributed by atoms with E-state index in [1.165, 1.54) is 11.3 Å². The Labute approximate surface area is 121 Å². The lowest BCUT2D eigenvalue weighted by atomic mass is 9.84. The number of thiazole rings is 1. The molecular formula is C13H19N3O3S. The van der Waals surface area contributed by atoms with Crippen molar-refractivity contribution < 1.29 is 14.7 Å². The predicted molar refractivity (Wildman–Crippen MR) is 75.5 cm³/mol. The van der Waals surface area contributed by atoms with Gasteiger partial charge in [-0.15, -0.1) is 11.3 Å². The first-order valence-corrected chi connectivity index (χ1v) is 7.75. The van der Waals surface area contributed by atoms with Crippen LogP contribution >= 0.6 is 11.3 Å². The van der Waals surface area contributed by atoms with Crippen molar-refractivity contribution in [3.05, 3.63) is 16.6 Å². The number of hydrogen-bond acceptors (Lipinski definition) is 4. The van der Waals surface area contributed by atoms with Gasteiger partial charge in [0.2, 0.25) is 0 Å². The average Bonchev–Trinajstić information content (AvgIpc) is 2.96. The molecule has 0 radical (unpaired) electrons. The fourth-order valence-electron chi connectivity index (χ4n) is 2.54. The Kier molecular flexibility index (Phi) is 5.34. The SMILES string of the molecule is O=C(NCc1cscn1)NC(C(=O)O)C1CCCCC1. The van der Waals surface area contributed by atoms with E-state index in [1.807, 2.05) is 5.38 Å². The molecule has 2 amide bonds. The highest BCUT2D eigenvalue weighted by Crippen LogP contribution is 2.26. The van der Waals surface area contributed by atoms with E-state index in [0.29, 0.717) is 6.54 Å². The van der Waals surface area contributed by atoms with Gasteiger partial charge in [-0.2, -0.15) is 0 Å². The molecule has 7 heteroatoms. The fourth-order valence-corrected chi connectivity index (χ4v) is 3.10. The molecule has 6 nitrogen and oxygen atoms in total. The van der Waals surface area contributed by atoms with E-state index in [1.54, 1.807) is 5.51 Å². The smallest absolute Gasteiger partial charge is 0.326 e. The monoisotopic (exact) mass is 297 g/mol. The molecule has 1 aliphatic rings. The summed E-state index contributed by atoms with van der Waals surface area (Å²) in [5.74, 6) is -0.924. The zero-order chi connectivity index (χ0) is 14.4. The van der Waals surface area contributed by atoms with Crippen LogP contribution in [0.3, 0.4) is 0 Å². The molecule has 0 saturated heterocycles. The molecule has 0 spiro atoms. The molecule has 1 saturated carbocycles. The van der Waals surface area contributed by atoms with Crippen LogP contribution in [0.4, 0.5) is 4.79 Å². The number of nitrogens with one attached hydrogen (secondary N) is 2. The van der Waals surface area contributed by atoms with E-state index >= 15 is 0 Å². The minimum Gasteiger partial charge on any atom is -0.480 e. The standard InChI is InChI=1S/C13H19N3O3S/c17-12(18)11(9-4-2-1-3-5-9)16-13(19)14-6-10-7-20-8-15-10/h7-9,11H,1-6H2,(H,17,18)(H2,14,16,19). The van der Waals surface area contributed by atoms with Crippen LogP contribution in [-0.4, -0.2) is 28.1 Å². The molecule has 110 valence electrons. The summed E-state index contributed by atoms with van der Waals surface area (Å²) in [5, 5.41) is 16.3. The summed E-state index contributed by atoms with van der Waals surface area (Å²) in [6, 6.07) is -1.25. The van der Waals surface area contributed by atoms with Crippen LogP contribution < -0.4 is 10.6 Å². The first-order valence-electron chi connectivity index (χ1n) is 6.81. The van der Waals surface area contributed by atoms with E-state index < -0.39 is 18.0 Å². The number of carbonyl (C=O) groups excluding carboxylic acids is 1. The summed E-state index contributed by atoms with van der Waals surface area (Å²) < 4.78 is 0. The molecule has 1 aromatic heterocycles. The second-order valence-electron chi connectivity index (χ2n) is 5.02. The average molecular weight is 297 g/mol. The lowest BCUT2D eigenvalue weighted by Crippen LogP contribution is -2.50. The quantitative estimate of drug-likeness (QED) is 0.775. The van der Waals surface area contributed by atoms with Crippen LogP contribution in [0.25, 0.3) is 0 Å². The number of aliphatic carboxylic acids is 1. The van der Waals surface area contributed by atoms with E-state index in [0.717, 1.165) is 37.8 Å². The van der Waals surface area contributed by atoms with Gasteiger partial charge in [-0.05, 0) is 18.8 Å². The third kappa shape index (κ3) is 4.19. The highest BCUT2D eigenvalue weighted by molar-refractivity contribution is 7.07. The number of aromatic nitrogens is 1. The molecule has 1 aliphatic carbocycles. The van der Waals surface area contributed by atoms with Gasteiger partial charge >= 0.3 is 12.0 Å². The molecule has 0 aliphatic heterocycles. The van der Waals surface area contributed by atoms with E-state index in [4.69, 9.17) is 0 Å². The molecule has 2 rings (SSSR count). The van der Waals surface area contributed by atoms with Gasteiger partial charge in [0.1, 0.15) is 6.04 Å². The Morgan fingerprint density at radius 1 is 1.40 bits per heavy atom. The molecule has 0 aromatic carbocycles. The summed E-state index contributed by atoms with van der Waals surface area (Å²) in [5.41, 5.74) is 2.46. The van der Waals surface area contributed by atoms with Gasteiger partial charge in [-0.1, -0.05) is 19.3 Å². The Hall–Kier alpha value is -1.63. The largest absolute Gasteiger partial charge is 0.480 e. The molecule has 1 atom stereocenters. The van der Waals surface area contributed by atoms with Crippen LogP contribution in [0.2, 0.25) is 0 Å². The van der Waals surface area contributed by atoms with E-state index in [9.17, 15) is 14.7 Å². The number of carbonyl (C=O) groups is 2. The number of amides is 2. The van der Waals surface area contributed by atoms with Crippen LogP contribution in [0.5, 0.6) is 0 Å². The van der Waals surface area contributed by atoms with Gasteiger partial charge in [0, 0.05) is 5.38 Å². The molecule has 1 fully saturated rings. The molecule has 0 bridgehead atoms. The normalized spacial score (nSPS) is 17.4. The third-order valence-electron chi connectivity index (χ3n) is 3.59. The molecular weight excluding hydrogens is 278 g/mol. The number of hydrogen-bond donors (Lipinski definition) is 3. The number of nitrogens with zero attached hydrogens (tertiary/aromatic N) is 1. The highest BCUT2D eigenvalue weighted by atomic mass is 32.1. The van der Waals surface area contributed by atoms with Crippen molar-refractivity contribution in [2.45, 2.75) is 44.7 Å². The maximum absolute atomic E-state index is 11.8. The Balaban J connectivity index is 1.83. The molecule has 1 aromatic rings. The minimum atomic E-state index is -0.958. The van der Waals surface area contributed by atoms with Gasteiger partial charge < -0.3 is 15.7 Å². The maximum atomic E-state index is 11.8.